The second kappa shape index (κ2) is 12.3. The first-order chi connectivity index (χ1) is 13.2. The summed E-state index contributed by atoms with van der Waals surface area (Å²) in [6.07, 6.45) is 2.39. The summed E-state index contributed by atoms with van der Waals surface area (Å²) in [5.41, 5.74) is 1.12. The number of halogens is 1. The van der Waals surface area contributed by atoms with E-state index in [1.54, 1.807) is 0 Å². The van der Waals surface area contributed by atoms with Crippen LogP contribution >= 0.6 is 24.0 Å². The molecular weight excluding hydrogens is 469 g/mol. The molecule has 0 radical (unpaired) electrons. The summed E-state index contributed by atoms with van der Waals surface area (Å²) in [5.74, 6) is 2.49. The van der Waals surface area contributed by atoms with Crippen molar-refractivity contribution in [2.75, 3.05) is 59.7 Å². The minimum absolute atomic E-state index is 0. The Morgan fingerprint density at radius 1 is 1.11 bits per heavy atom. The fourth-order valence-corrected chi connectivity index (χ4v) is 3.38. The minimum atomic E-state index is 0. The van der Waals surface area contributed by atoms with E-state index in [9.17, 15) is 0 Å². The van der Waals surface area contributed by atoms with E-state index in [0.29, 0.717) is 13.3 Å². The normalized spacial score (nSPS) is 17.7. The number of fused-ring (bicyclic) bond motifs is 1. The molecule has 0 amide bonds. The van der Waals surface area contributed by atoms with Crippen molar-refractivity contribution >= 4 is 29.9 Å². The fraction of sp³-hybridized carbons (Fsp3) is 0.650. The molecule has 28 heavy (non-hydrogen) atoms. The van der Waals surface area contributed by atoms with E-state index in [1.807, 2.05) is 18.2 Å². The first kappa shape index (κ1) is 23.0. The molecule has 0 bridgehead atoms. The third kappa shape index (κ3) is 7.29. The standard InChI is InChI=1S/C20H33N5O2.HI/c1-3-21-20(22-8-4-10-25-11-5-9-24(2)12-13-25)23-15-17-6-7-18-19(14-17)27-16-26-18;/h6-7,14H,3-5,8-13,15-16H2,1-2H3,(H2,21,22,23);1H. The summed E-state index contributed by atoms with van der Waals surface area (Å²) in [6, 6.07) is 5.99. The molecule has 0 atom stereocenters. The van der Waals surface area contributed by atoms with Crippen molar-refractivity contribution in [3.8, 4) is 11.5 Å². The number of aliphatic imine (C=N–C) groups is 1. The maximum Gasteiger partial charge on any atom is 0.231 e. The quantitative estimate of drug-likeness (QED) is 0.257. The highest BCUT2D eigenvalue weighted by atomic mass is 127. The van der Waals surface area contributed by atoms with Gasteiger partial charge in [0.1, 0.15) is 0 Å². The average Bonchev–Trinajstić information content (AvgIpc) is 3.04. The number of guanidine groups is 1. The lowest BCUT2D eigenvalue weighted by molar-refractivity contribution is 0.174. The number of ether oxygens (including phenoxy) is 2. The minimum Gasteiger partial charge on any atom is -0.454 e. The third-order valence-corrected chi connectivity index (χ3v) is 4.96. The molecule has 2 N–H and O–H groups in total. The molecule has 2 heterocycles. The molecule has 0 spiro atoms. The van der Waals surface area contributed by atoms with Crippen LogP contribution in [-0.4, -0.2) is 75.4 Å². The number of benzene rings is 1. The molecule has 3 rings (SSSR count). The zero-order chi connectivity index (χ0) is 18.9. The van der Waals surface area contributed by atoms with Crippen molar-refractivity contribution in [1.29, 1.82) is 0 Å². The summed E-state index contributed by atoms with van der Waals surface area (Å²) in [7, 11) is 2.21. The molecule has 0 aliphatic carbocycles. The van der Waals surface area contributed by atoms with Gasteiger partial charge in [0.05, 0.1) is 6.54 Å². The molecule has 1 saturated heterocycles. The van der Waals surface area contributed by atoms with E-state index in [2.05, 4.69) is 34.4 Å². The van der Waals surface area contributed by atoms with Crippen LogP contribution in [0, 0.1) is 0 Å². The van der Waals surface area contributed by atoms with Crippen LogP contribution in [-0.2, 0) is 6.54 Å². The highest BCUT2D eigenvalue weighted by Gasteiger charge is 2.13. The van der Waals surface area contributed by atoms with Gasteiger partial charge in [0, 0.05) is 26.2 Å². The van der Waals surface area contributed by atoms with Crippen molar-refractivity contribution in [3.63, 3.8) is 0 Å². The van der Waals surface area contributed by atoms with Crippen LogP contribution in [0.2, 0.25) is 0 Å². The van der Waals surface area contributed by atoms with Gasteiger partial charge < -0.3 is 29.9 Å². The topological polar surface area (TPSA) is 61.4 Å². The second-order valence-corrected chi connectivity index (χ2v) is 7.16. The predicted molar refractivity (Wildman–Crippen MR) is 124 cm³/mol. The Kier molecular flexibility index (Phi) is 10.1. The van der Waals surface area contributed by atoms with Crippen molar-refractivity contribution in [2.24, 2.45) is 4.99 Å². The first-order valence-corrected chi connectivity index (χ1v) is 10.1. The smallest absolute Gasteiger partial charge is 0.231 e. The summed E-state index contributed by atoms with van der Waals surface area (Å²) < 4.78 is 10.8. The van der Waals surface area contributed by atoms with E-state index in [4.69, 9.17) is 14.5 Å². The molecule has 1 fully saturated rings. The van der Waals surface area contributed by atoms with Gasteiger partial charge in [-0.1, -0.05) is 6.07 Å². The van der Waals surface area contributed by atoms with Gasteiger partial charge in [-0.2, -0.15) is 0 Å². The molecule has 8 heteroatoms. The van der Waals surface area contributed by atoms with Gasteiger partial charge in [-0.15, -0.1) is 24.0 Å². The Hall–Kier alpha value is -1.26. The maximum atomic E-state index is 5.44. The molecule has 0 aromatic heterocycles. The van der Waals surface area contributed by atoms with Crippen LogP contribution in [0.3, 0.4) is 0 Å². The van der Waals surface area contributed by atoms with Crippen molar-refractivity contribution < 1.29 is 9.47 Å². The Labute approximate surface area is 185 Å². The Bertz CT molecular complexity index is 629. The van der Waals surface area contributed by atoms with Crippen molar-refractivity contribution in [3.05, 3.63) is 23.8 Å². The SMILES string of the molecule is CCNC(=NCc1ccc2c(c1)OCO2)NCCCN1CCCN(C)CC1.I. The lowest BCUT2D eigenvalue weighted by Gasteiger charge is -2.20. The number of rotatable bonds is 7. The Morgan fingerprint density at radius 2 is 1.96 bits per heavy atom. The molecule has 0 saturated carbocycles. The summed E-state index contributed by atoms with van der Waals surface area (Å²) in [5, 5.41) is 6.78. The Morgan fingerprint density at radius 3 is 2.82 bits per heavy atom. The van der Waals surface area contributed by atoms with Gasteiger partial charge >= 0.3 is 0 Å². The maximum absolute atomic E-state index is 5.44. The molecular formula is C20H34IN5O2. The van der Waals surface area contributed by atoms with Gasteiger partial charge in [0.25, 0.3) is 0 Å². The van der Waals surface area contributed by atoms with Crippen LogP contribution in [0.25, 0.3) is 0 Å². The van der Waals surface area contributed by atoms with Gasteiger partial charge in [-0.05, 0) is 64.1 Å². The van der Waals surface area contributed by atoms with Crippen molar-refractivity contribution in [2.45, 2.75) is 26.3 Å². The summed E-state index contributed by atoms with van der Waals surface area (Å²) >= 11 is 0. The lowest BCUT2D eigenvalue weighted by atomic mass is 10.2. The largest absolute Gasteiger partial charge is 0.454 e. The molecule has 2 aliphatic rings. The van der Waals surface area contributed by atoms with E-state index in [1.165, 1.54) is 32.6 Å². The fourth-order valence-electron chi connectivity index (χ4n) is 3.38. The predicted octanol–water partition coefficient (Wildman–Crippen LogP) is 2.12. The number of likely N-dealkylation sites (N-methyl/N-ethyl adjacent to an activating group) is 1. The van der Waals surface area contributed by atoms with Gasteiger partial charge in [0.2, 0.25) is 6.79 Å². The van der Waals surface area contributed by atoms with E-state index in [-0.39, 0.29) is 24.0 Å². The number of hydrogen-bond acceptors (Lipinski definition) is 5. The van der Waals surface area contributed by atoms with Gasteiger partial charge in [0.15, 0.2) is 17.5 Å². The summed E-state index contributed by atoms with van der Waals surface area (Å²) in [6.45, 7) is 10.7. The number of hydrogen-bond donors (Lipinski definition) is 2. The average molecular weight is 503 g/mol. The zero-order valence-corrected chi connectivity index (χ0v) is 19.4. The van der Waals surface area contributed by atoms with Crippen LogP contribution in [0.15, 0.2) is 23.2 Å². The van der Waals surface area contributed by atoms with Crippen molar-refractivity contribution in [1.82, 2.24) is 20.4 Å². The third-order valence-electron chi connectivity index (χ3n) is 4.96. The van der Waals surface area contributed by atoms with Crippen LogP contribution in [0.4, 0.5) is 0 Å². The molecule has 7 nitrogen and oxygen atoms in total. The van der Waals surface area contributed by atoms with Gasteiger partial charge in [-0.3, -0.25) is 0 Å². The van der Waals surface area contributed by atoms with Gasteiger partial charge in [-0.25, -0.2) is 4.99 Å². The zero-order valence-electron chi connectivity index (χ0n) is 17.1. The molecule has 1 aromatic rings. The summed E-state index contributed by atoms with van der Waals surface area (Å²) in [4.78, 5) is 9.69. The Balaban J connectivity index is 0.00000280. The molecule has 158 valence electrons. The first-order valence-electron chi connectivity index (χ1n) is 10.1. The van der Waals surface area contributed by atoms with E-state index < -0.39 is 0 Å². The van der Waals surface area contributed by atoms with Crippen LogP contribution in [0.5, 0.6) is 11.5 Å². The lowest BCUT2D eigenvalue weighted by Crippen LogP contribution is -2.39. The highest BCUT2D eigenvalue weighted by molar-refractivity contribution is 14.0. The second-order valence-electron chi connectivity index (χ2n) is 7.16. The monoisotopic (exact) mass is 503 g/mol. The van der Waals surface area contributed by atoms with Crippen LogP contribution in [0.1, 0.15) is 25.3 Å². The van der Waals surface area contributed by atoms with Crippen LogP contribution < -0.4 is 20.1 Å². The van der Waals surface area contributed by atoms with E-state index >= 15 is 0 Å². The van der Waals surface area contributed by atoms with E-state index in [0.717, 1.165) is 49.1 Å². The molecule has 2 aliphatic heterocycles. The number of nitrogens with one attached hydrogen (secondary N) is 2. The molecule has 0 unspecified atom stereocenters. The highest BCUT2D eigenvalue weighted by Crippen LogP contribution is 2.32. The molecule has 1 aromatic carbocycles. The number of nitrogens with zero attached hydrogens (tertiary/aromatic N) is 3.